The van der Waals surface area contributed by atoms with Gasteiger partial charge in [0.15, 0.2) is 0 Å². The highest BCUT2D eigenvalue weighted by Gasteiger charge is 2.44. The third-order valence-corrected chi connectivity index (χ3v) is 4.94. The molecule has 0 amide bonds. The summed E-state index contributed by atoms with van der Waals surface area (Å²) in [6.45, 7) is 1.69. The van der Waals surface area contributed by atoms with Crippen molar-refractivity contribution >= 4 is 28.7 Å². The van der Waals surface area contributed by atoms with Gasteiger partial charge in [-0.1, -0.05) is 23.7 Å². The molecule has 2 aliphatic heterocycles. The quantitative estimate of drug-likeness (QED) is 0.860. The van der Waals surface area contributed by atoms with Crippen molar-refractivity contribution in [1.82, 2.24) is 0 Å². The number of benzene rings is 2. The summed E-state index contributed by atoms with van der Waals surface area (Å²) >= 11 is 5.84. The Balaban J connectivity index is 1.58. The van der Waals surface area contributed by atoms with Crippen molar-refractivity contribution in [3.05, 3.63) is 53.3 Å². The highest BCUT2D eigenvalue weighted by molar-refractivity contribution is 6.30. The van der Waals surface area contributed by atoms with Gasteiger partial charge in [-0.3, -0.25) is 0 Å². The van der Waals surface area contributed by atoms with Crippen molar-refractivity contribution in [2.24, 2.45) is 0 Å². The van der Waals surface area contributed by atoms with Gasteiger partial charge in [0.25, 0.3) is 0 Å². The monoisotopic (exact) mass is 317 g/mol. The predicted octanol–water partition coefficient (Wildman–Crippen LogP) is 3.53. The predicted molar refractivity (Wildman–Crippen MR) is 89.1 cm³/mol. The van der Waals surface area contributed by atoms with Crippen LogP contribution in [0, 0.1) is 5.82 Å². The molecule has 2 atom stereocenters. The molecule has 2 aliphatic rings. The zero-order valence-corrected chi connectivity index (χ0v) is 12.8. The fourth-order valence-electron chi connectivity index (χ4n) is 3.72. The molecule has 0 aliphatic carbocycles. The summed E-state index contributed by atoms with van der Waals surface area (Å²) in [5, 5.41) is 0.435. The maximum atomic E-state index is 14.2. The second-order valence-corrected chi connectivity index (χ2v) is 6.44. The maximum absolute atomic E-state index is 14.2. The lowest BCUT2D eigenvalue weighted by Crippen LogP contribution is -2.47. The third-order valence-electron chi connectivity index (χ3n) is 4.71. The molecule has 2 heterocycles. The van der Waals surface area contributed by atoms with E-state index >= 15 is 0 Å². The van der Waals surface area contributed by atoms with Gasteiger partial charge in [-0.2, -0.15) is 0 Å². The summed E-state index contributed by atoms with van der Waals surface area (Å²) in [6, 6.07) is 13.6. The van der Waals surface area contributed by atoms with Gasteiger partial charge in [-0.25, -0.2) is 4.39 Å². The molecule has 0 saturated carbocycles. The van der Waals surface area contributed by atoms with E-state index in [9.17, 15) is 4.39 Å². The van der Waals surface area contributed by atoms with Crippen molar-refractivity contribution < 1.29 is 4.39 Å². The second kappa shape index (κ2) is 5.06. The van der Waals surface area contributed by atoms with E-state index < -0.39 is 0 Å². The number of hydrogen-bond acceptors (Lipinski definition) is 3. The molecule has 0 spiro atoms. The zero-order chi connectivity index (χ0) is 15.3. The number of piperazine rings is 1. The van der Waals surface area contributed by atoms with Crippen LogP contribution in [0.5, 0.6) is 0 Å². The first kappa shape index (κ1) is 13.7. The average molecular weight is 318 g/mol. The third kappa shape index (κ3) is 2.10. The van der Waals surface area contributed by atoms with Gasteiger partial charge in [-0.15, -0.1) is 0 Å². The van der Waals surface area contributed by atoms with Crippen LogP contribution in [0.25, 0.3) is 0 Å². The molecule has 2 fully saturated rings. The molecule has 5 heteroatoms. The summed E-state index contributed by atoms with van der Waals surface area (Å²) in [7, 11) is 0. The van der Waals surface area contributed by atoms with Crippen molar-refractivity contribution in [3.8, 4) is 0 Å². The highest BCUT2D eigenvalue weighted by atomic mass is 35.5. The van der Waals surface area contributed by atoms with Crippen molar-refractivity contribution in [3.63, 3.8) is 0 Å². The number of anilines is 3. The van der Waals surface area contributed by atoms with E-state index in [4.69, 9.17) is 17.3 Å². The highest BCUT2D eigenvalue weighted by Crippen LogP contribution is 2.40. The SMILES string of the molecule is Nc1ccccc1N1C[C@H]2C[C@@H]1CN2c1ccc(Cl)cc1F. The Bertz CT molecular complexity index is 721. The standard InChI is InChI=1S/C17H17ClFN3/c18-11-5-6-16(14(19)7-11)21-9-13-8-12(21)10-22(13)17-4-2-1-3-15(17)20/h1-7,12-13H,8-10,20H2/t12-,13-/m1/s1. The van der Waals surface area contributed by atoms with Gasteiger partial charge < -0.3 is 15.5 Å². The lowest BCUT2D eigenvalue weighted by Gasteiger charge is -2.37. The summed E-state index contributed by atoms with van der Waals surface area (Å²) in [5.74, 6) is -0.245. The van der Waals surface area contributed by atoms with E-state index in [1.54, 1.807) is 12.1 Å². The number of halogens is 2. The van der Waals surface area contributed by atoms with E-state index in [2.05, 4.69) is 15.9 Å². The molecule has 4 rings (SSSR count). The van der Waals surface area contributed by atoms with E-state index in [1.165, 1.54) is 6.07 Å². The molecule has 2 aromatic carbocycles. The minimum Gasteiger partial charge on any atom is -0.397 e. The smallest absolute Gasteiger partial charge is 0.147 e. The molecule has 2 aromatic rings. The largest absolute Gasteiger partial charge is 0.397 e. The van der Waals surface area contributed by atoms with E-state index in [1.807, 2.05) is 18.2 Å². The van der Waals surface area contributed by atoms with Crippen LogP contribution in [0.4, 0.5) is 21.5 Å². The first-order valence-electron chi connectivity index (χ1n) is 7.46. The second-order valence-electron chi connectivity index (χ2n) is 6.00. The van der Waals surface area contributed by atoms with Gasteiger partial charge >= 0.3 is 0 Å². The molecule has 3 nitrogen and oxygen atoms in total. The van der Waals surface area contributed by atoms with Gasteiger partial charge in [0.05, 0.1) is 17.1 Å². The topological polar surface area (TPSA) is 32.5 Å². The number of rotatable bonds is 2. The van der Waals surface area contributed by atoms with E-state index in [0.717, 1.165) is 30.9 Å². The number of nitrogens with two attached hydrogens (primary N) is 1. The minimum atomic E-state index is -0.245. The Hall–Kier alpha value is -1.94. The fraction of sp³-hybridized carbons (Fsp3) is 0.294. The van der Waals surface area contributed by atoms with Crippen molar-refractivity contribution in [2.75, 3.05) is 28.6 Å². The molecule has 0 aromatic heterocycles. The lowest BCUT2D eigenvalue weighted by atomic mass is 10.2. The van der Waals surface area contributed by atoms with Crippen LogP contribution in [-0.4, -0.2) is 25.2 Å². The molecule has 22 heavy (non-hydrogen) atoms. The molecule has 2 saturated heterocycles. The van der Waals surface area contributed by atoms with Crippen molar-refractivity contribution in [1.29, 1.82) is 0 Å². The summed E-state index contributed by atoms with van der Waals surface area (Å²) < 4.78 is 14.2. The van der Waals surface area contributed by atoms with Gasteiger partial charge in [0.1, 0.15) is 5.82 Å². The summed E-state index contributed by atoms with van der Waals surface area (Å²) in [4.78, 5) is 4.51. The molecule has 2 N–H and O–H groups in total. The Kier molecular flexibility index (Phi) is 3.15. The minimum absolute atomic E-state index is 0.245. The van der Waals surface area contributed by atoms with Crippen LogP contribution < -0.4 is 15.5 Å². The summed E-state index contributed by atoms with van der Waals surface area (Å²) in [5.41, 5.74) is 8.63. The Morgan fingerprint density at radius 3 is 2.32 bits per heavy atom. The average Bonchev–Trinajstić information content (AvgIpc) is 3.08. The molecular weight excluding hydrogens is 301 g/mol. The fourth-order valence-corrected chi connectivity index (χ4v) is 3.88. The number of nitrogens with zero attached hydrogens (tertiary/aromatic N) is 2. The van der Waals surface area contributed by atoms with Crippen LogP contribution in [0.2, 0.25) is 5.02 Å². The number of fused-ring (bicyclic) bond motifs is 2. The normalized spacial score (nSPS) is 23.4. The Labute approximate surface area is 134 Å². The van der Waals surface area contributed by atoms with Gasteiger partial charge in [0, 0.05) is 30.2 Å². The first-order chi connectivity index (χ1) is 10.6. The zero-order valence-electron chi connectivity index (χ0n) is 12.0. The number of hydrogen-bond donors (Lipinski definition) is 1. The van der Waals surface area contributed by atoms with Crippen LogP contribution in [0.3, 0.4) is 0 Å². The molecular formula is C17H17ClFN3. The number of para-hydroxylation sites is 2. The van der Waals surface area contributed by atoms with Crippen molar-refractivity contribution in [2.45, 2.75) is 18.5 Å². The van der Waals surface area contributed by atoms with Crippen LogP contribution in [-0.2, 0) is 0 Å². The summed E-state index contributed by atoms with van der Waals surface area (Å²) in [6.07, 6.45) is 1.04. The molecule has 2 bridgehead atoms. The first-order valence-corrected chi connectivity index (χ1v) is 7.84. The van der Waals surface area contributed by atoms with E-state index in [-0.39, 0.29) is 5.82 Å². The maximum Gasteiger partial charge on any atom is 0.147 e. The van der Waals surface area contributed by atoms with Gasteiger partial charge in [0.2, 0.25) is 0 Å². The Morgan fingerprint density at radius 1 is 1.00 bits per heavy atom. The van der Waals surface area contributed by atoms with E-state index in [0.29, 0.717) is 22.8 Å². The van der Waals surface area contributed by atoms with Crippen LogP contribution in [0.15, 0.2) is 42.5 Å². The van der Waals surface area contributed by atoms with Crippen LogP contribution >= 0.6 is 11.6 Å². The molecule has 0 unspecified atom stereocenters. The molecule has 0 radical (unpaired) electrons. The van der Waals surface area contributed by atoms with Gasteiger partial charge in [-0.05, 0) is 36.8 Å². The number of nitrogen functional groups attached to an aromatic ring is 1. The molecule has 114 valence electrons. The lowest BCUT2D eigenvalue weighted by molar-refractivity contribution is 0.595. The van der Waals surface area contributed by atoms with Crippen LogP contribution in [0.1, 0.15) is 6.42 Å². The Morgan fingerprint density at radius 2 is 1.68 bits per heavy atom.